The number of carbonyl (C=O) groups excluding carboxylic acids is 1. The van der Waals surface area contributed by atoms with Crippen molar-refractivity contribution in [3.05, 3.63) is 100 Å². The van der Waals surface area contributed by atoms with Gasteiger partial charge in [0.15, 0.2) is 0 Å². The lowest BCUT2D eigenvalue weighted by Crippen LogP contribution is -2.29. The van der Waals surface area contributed by atoms with Crippen LogP contribution in [0.3, 0.4) is 0 Å². The Morgan fingerprint density at radius 1 is 0.900 bits per heavy atom. The molecule has 0 atom stereocenters. The normalized spacial score (nSPS) is 11.0. The van der Waals surface area contributed by atoms with Crippen molar-refractivity contribution < 1.29 is 9.90 Å². The van der Waals surface area contributed by atoms with Gasteiger partial charge in [-0.3, -0.25) is 14.2 Å². The first-order chi connectivity index (χ1) is 14.5. The molecule has 0 saturated heterocycles. The first-order valence-electron chi connectivity index (χ1n) is 9.81. The highest BCUT2D eigenvalue weighted by Gasteiger charge is 2.23. The number of nitrogens with zero attached hydrogens (tertiary/aromatic N) is 1. The number of amides is 1. The molecule has 4 aromatic rings. The highest BCUT2D eigenvalue weighted by molar-refractivity contribution is 6.09. The number of aromatic hydroxyl groups is 1. The van der Waals surface area contributed by atoms with Crippen LogP contribution in [0.1, 0.15) is 35.7 Å². The van der Waals surface area contributed by atoms with Crippen molar-refractivity contribution in [1.29, 1.82) is 0 Å². The quantitative estimate of drug-likeness (QED) is 0.504. The minimum absolute atomic E-state index is 0.287. The number of hydrogen-bond acceptors (Lipinski definition) is 3. The van der Waals surface area contributed by atoms with Gasteiger partial charge in [0.1, 0.15) is 11.3 Å². The molecule has 4 rings (SSSR count). The SMILES string of the molecule is CC(C)c1ccc(NC(=O)c2c(O)c3ccccc3n(-c3ccccc3)c2=O)cc1. The number of pyridine rings is 1. The second kappa shape index (κ2) is 7.87. The highest BCUT2D eigenvalue weighted by Crippen LogP contribution is 2.28. The fourth-order valence-corrected chi connectivity index (χ4v) is 3.51. The van der Waals surface area contributed by atoms with Gasteiger partial charge in [0.2, 0.25) is 0 Å². The van der Waals surface area contributed by atoms with E-state index in [2.05, 4.69) is 19.2 Å². The molecule has 0 aliphatic rings. The second-order valence-electron chi connectivity index (χ2n) is 7.45. The standard InChI is InChI=1S/C25H22N2O3/c1-16(2)17-12-14-18(15-13-17)26-24(29)22-23(28)20-10-6-7-11-21(20)27(25(22)30)19-8-4-3-5-9-19/h3-16,28H,1-2H3,(H,26,29). The monoisotopic (exact) mass is 398 g/mol. The molecule has 1 heterocycles. The molecule has 2 N–H and O–H groups in total. The molecule has 0 bridgehead atoms. The van der Waals surface area contributed by atoms with Crippen LogP contribution >= 0.6 is 0 Å². The van der Waals surface area contributed by atoms with E-state index in [-0.39, 0.29) is 11.3 Å². The second-order valence-corrected chi connectivity index (χ2v) is 7.45. The van der Waals surface area contributed by atoms with Crippen LogP contribution in [0.4, 0.5) is 5.69 Å². The molecule has 1 aromatic heterocycles. The number of hydrogen-bond donors (Lipinski definition) is 2. The summed E-state index contributed by atoms with van der Waals surface area (Å²) in [6, 6.07) is 23.5. The topological polar surface area (TPSA) is 71.3 Å². The van der Waals surface area contributed by atoms with Gasteiger partial charge in [0.05, 0.1) is 5.52 Å². The summed E-state index contributed by atoms with van der Waals surface area (Å²) in [4.78, 5) is 26.3. The zero-order chi connectivity index (χ0) is 21.3. The Balaban J connectivity index is 1.84. The van der Waals surface area contributed by atoms with E-state index in [4.69, 9.17) is 0 Å². The Bertz CT molecular complexity index is 1270. The van der Waals surface area contributed by atoms with Crippen LogP contribution in [-0.2, 0) is 0 Å². The van der Waals surface area contributed by atoms with Gasteiger partial charge in [-0.1, -0.05) is 56.3 Å². The molecule has 0 aliphatic heterocycles. The number of rotatable bonds is 4. The van der Waals surface area contributed by atoms with Crippen LogP contribution in [0, 0.1) is 0 Å². The van der Waals surface area contributed by atoms with E-state index in [1.807, 2.05) is 30.3 Å². The van der Waals surface area contributed by atoms with Gasteiger partial charge in [-0.25, -0.2) is 0 Å². The smallest absolute Gasteiger partial charge is 0.272 e. The predicted molar refractivity (Wildman–Crippen MR) is 120 cm³/mol. The molecule has 1 amide bonds. The number of fused-ring (bicyclic) bond motifs is 1. The summed E-state index contributed by atoms with van der Waals surface area (Å²) in [6.07, 6.45) is 0. The van der Waals surface area contributed by atoms with E-state index >= 15 is 0 Å². The van der Waals surface area contributed by atoms with Crippen molar-refractivity contribution in [3.63, 3.8) is 0 Å². The summed E-state index contributed by atoms with van der Waals surface area (Å²) >= 11 is 0. The molecule has 0 fully saturated rings. The third kappa shape index (κ3) is 3.46. The summed E-state index contributed by atoms with van der Waals surface area (Å²) in [5.74, 6) is -0.596. The lowest BCUT2D eigenvalue weighted by molar-refractivity contribution is 0.102. The zero-order valence-electron chi connectivity index (χ0n) is 16.8. The van der Waals surface area contributed by atoms with E-state index in [0.717, 1.165) is 5.56 Å². The first kappa shape index (κ1) is 19.5. The highest BCUT2D eigenvalue weighted by atomic mass is 16.3. The van der Waals surface area contributed by atoms with Gasteiger partial charge in [-0.05, 0) is 47.9 Å². The van der Waals surface area contributed by atoms with E-state index in [1.165, 1.54) is 4.57 Å². The van der Waals surface area contributed by atoms with E-state index in [1.54, 1.807) is 48.5 Å². The van der Waals surface area contributed by atoms with Crippen LogP contribution in [0.15, 0.2) is 83.7 Å². The predicted octanol–water partition coefficient (Wildman–Crippen LogP) is 5.07. The fourth-order valence-electron chi connectivity index (χ4n) is 3.51. The number of carbonyl (C=O) groups is 1. The number of para-hydroxylation sites is 2. The maximum atomic E-state index is 13.3. The van der Waals surface area contributed by atoms with Gasteiger partial charge in [0.25, 0.3) is 11.5 Å². The van der Waals surface area contributed by atoms with Crippen LogP contribution in [0.2, 0.25) is 0 Å². The largest absolute Gasteiger partial charge is 0.506 e. The molecule has 3 aromatic carbocycles. The molecule has 0 radical (unpaired) electrons. The molecule has 0 saturated carbocycles. The Kier molecular flexibility index (Phi) is 5.11. The Morgan fingerprint density at radius 2 is 1.53 bits per heavy atom. The lowest BCUT2D eigenvalue weighted by atomic mass is 10.0. The molecule has 0 spiro atoms. The summed E-state index contributed by atoms with van der Waals surface area (Å²) < 4.78 is 1.45. The summed E-state index contributed by atoms with van der Waals surface area (Å²) in [7, 11) is 0. The molecule has 0 unspecified atom stereocenters. The zero-order valence-corrected chi connectivity index (χ0v) is 16.8. The maximum absolute atomic E-state index is 13.3. The van der Waals surface area contributed by atoms with Crippen LogP contribution < -0.4 is 10.9 Å². The molecule has 0 aliphatic carbocycles. The number of aromatic nitrogens is 1. The molecular formula is C25H22N2O3. The third-order valence-electron chi connectivity index (χ3n) is 5.13. The summed E-state index contributed by atoms with van der Waals surface area (Å²) in [5, 5.41) is 14.0. The lowest BCUT2D eigenvalue weighted by Gasteiger charge is -2.15. The molecule has 5 nitrogen and oxygen atoms in total. The third-order valence-corrected chi connectivity index (χ3v) is 5.13. The van der Waals surface area contributed by atoms with E-state index < -0.39 is 11.5 Å². The minimum Gasteiger partial charge on any atom is -0.506 e. The van der Waals surface area contributed by atoms with Crippen LogP contribution in [0.5, 0.6) is 5.75 Å². The van der Waals surface area contributed by atoms with Gasteiger partial charge in [0, 0.05) is 16.8 Å². The van der Waals surface area contributed by atoms with Gasteiger partial charge >= 0.3 is 0 Å². The van der Waals surface area contributed by atoms with Gasteiger partial charge in [-0.2, -0.15) is 0 Å². The van der Waals surface area contributed by atoms with Crippen molar-refractivity contribution in [3.8, 4) is 11.4 Å². The van der Waals surface area contributed by atoms with Crippen LogP contribution in [0.25, 0.3) is 16.6 Å². The minimum atomic E-state index is -0.648. The maximum Gasteiger partial charge on any atom is 0.272 e. The van der Waals surface area contributed by atoms with Crippen molar-refractivity contribution in [2.75, 3.05) is 5.32 Å². The van der Waals surface area contributed by atoms with Gasteiger partial charge in [-0.15, -0.1) is 0 Å². The molecule has 150 valence electrons. The number of benzene rings is 3. The fraction of sp³-hybridized carbons (Fsp3) is 0.120. The first-order valence-corrected chi connectivity index (χ1v) is 9.81. The number of nitrogens with one attached hydrogen (secondary N) is 1. The summed E-state index contributed by atoms with van der Waals surface area (Å²) in [6.45, 7) is 4.18. The molecule has 5 heteroatoms. The Hall–Kier alpha value is -3.86. The van der Waals surface area contributed by atoms with Crippen molar-refractivity contribution in [2.45, 2.75) is 19.8 Å². The average Bonchev–Trinajstić information content (AvgIpc) is 2.75. The summed E-state index contributed by atoms with van der Waals surface area (Å²) in [5.41, 5.74) is 1.99. The van der Waals surface area contributed by atoms with Crippen molar-refractivity contribution in [1.82, 2.24) is 4.57 Å². The average molecular weight is 398 g/mol. The number of anilines is 1. The van der Waals surface area contributed by atoms with Crippen molar-refractivity contribution in [2.24, 2.45) is 0 Å². The van der Waals surface area contributed by atoms with E-state index in [9.17, 15) is 14.7 Å². The van der Waals surface area contributed by atoms with Crippen molar-refractivity contribution >= 4 is 22.5 Å². The molecular weight excluding hydrogens is 376 g/mol. The van der Waals surface area contributed by atoms with Gasteiger partial charge < -0.3 is 10.4 Å². The van der Waals surface area contributed by atoms with E-state index in [0.29, 0.717) is 28.2 Å². The van der Waals surface area contributed by atoms with Crippen LogP contribution in [-0.4, -0.2) is 15.6 Å². The Morgan fingerprint density at radius 3 is 2.20 bits per heavy atom. The Labute approximate surface area is 174 Å². The molecule has 30 heavy (non-hydrogen) atoms.